The molecule has 0 fully saturated rings. The first kappa shape index (κ1) is 19.4. The van der Waals surface area contributed by atoms with Crippen LogP contribution in [0.2, 0.25) is 0 Å². The minimum absolute atomic E-state index is 0.0118. The molecule has 1 atom stereocenters. The Morgan fingerprint density at radius 2 is 2.12 bits per heavy atom. The maximum Gasteiger partial charge on any atom is 0.263 e. The van der Waals surface area contributed by atoms with Gasteiger partial charge in [-0.3, -0.25) is 14.2 Å². The summed E-state index contributed by atoms with van der Waals surface area (Å²) in [6.07, 6.45) is 4.04. The lowest BCUT2D eigenvalue weighted by Crippen LogP contribution is -2.37. The highest BCUT2D eigenvalue weighted by molar-refractivity contribution is 7.99. The van der Waals surface area contributed by atoms with E-state index in [2.05, 4.69) is 26.1 Å². The van der Waals surface area contributed by atoms with Crippen LogP contribution in [-0.2, 0) is 24.2 Å². The number of fused-ring (bicyclic) bond motifs is 3. The molecule has 1 N–H and O–H groups in total. The summed E-state index contributed by atoms with van der Waals surface area (Å²) in [6, 6.07) is 0.136. The molecule has 1 aliphatic rings. The Kier molecular flexibility index (Phi) is 6.07. The second kappa shape index (κ2) is 8.13. The molecule has 2 aromatic heterocycles. The molecule has 0 radical (unpaired) electrons. The van der Waals surface area contributed by atoms with Crippen molar-refractivity contribution in [1.29, 1.82) is 0 Å². The number of carbonyl (C=O) groups is 1. The van der Waals surface area contributed by atoms with E-state index in [9.17, 15) is 9.59 Å². The minimum Gasteiger partial charge on any atom is -0.353 e. The van der Waals surface area contributed by atoms with Crippen LogP contribution >= 0.6 is 23.1 Å². The molecule has 0 saturated heterocycles. The average Bonchev–Trinajstić information content (AvgIpc) is 3.16. The number of amides is 1. The van der Waals surface area contributed by atoms with Gasteiger partial charge in [-0.05, 0) is 44.1 Å². The van der Waals surface area contributed by atoms with Crippen molar-refractivity contribution in [1.82, 2.24) is 14.9 Å². The Balaban J connectivity index is 1.87. The van der Waals surface area contributed by atoms with Crippen molar-refractivity contribution in [3.8, 4) is 0 Å². The number of aryl methyl sites for hydroxylation is 2. The molecule has 7 heteroatoms. The summed E-state index contributed by atoms with van der Waals surface area (Å²) < 4.78 is 1.76. The van der Waals surface area contributed by atoms with Gasteiger partial charge in [-0.2, -0.15) is 0 Å². The van der Waals surface area contributed by atoms with Crippen molar-refractivity contribution in [3.05, 3.63) is 20.8 Å². The van der Waals surface area contributed by atoms with Gasteiger partial charge in [0.2, 0.25) is 5.91 Å². The van der Waals surface area contributed by atoms with E-state index in [0.717, 1.165) is 35.9 Å². The molecule has 2 heterocycles. The summed E-state index contributed by atoms with van der Waals surface area (Å²) in [6.45, 7) is 8.88. The number of hydrogen-bond donors (Lipinski definition) is 1. The van der Waals surface area contributed by atoms with Crippen LogP contribution in [-0.4, -0.2) is 27.3 Å². The van der Waals surface area contributed by atoms with Crippen LogP contribution in [0, 0.1) is 5.92 Å². The van der Waals surface area contributed by atoms with Crippen molar-refractivity contribution >= 4 is 39.2 Å². The third kappa shape index (κ3) is 3.83. The molecule has 142 valence electrons. The highest BCUT2D eigenvalue weighted by Crippen LogP contribution is 2.35. The molecule has 5 nitrogen and oxygen atoms in total. The first-order valence-corrected chi connectivity index (χ1v) is 11.2. The fourth-order valence-corrected chi connectivity index (χ4v) is 5.32. The van der Waals surface area contributed by atoms with Crippen LogP contribution in [0.15, 0.2) is 9.95 Å². The van der Waals surface area contributed by atoms with Gasteiger partial charge in [-0.15, -0.1) is 11.3 Å². The average molecular weight is 394 g/mol. The lowest BCUT2D eigenvalue weighted by Gasteiger charge is -2.17. The Hall–Kier alpha value is -1.34. The predicted molar refractivity (Wildman–Crippen MR) is 109 cm³/mol. The van der Waals surface area contributed by atoms with Gasteiger partial charge in [0.05, 0.1) is 11.1 Å². The number of aromatic nitrogens is 2. The zero-order valence-corrected chi connectivity index (χ0v) is 17.6. The van der Waals surface area contributed by atoms with E-state index in [4.69, 9.17) is 4.98 Å². The van der Waals surface area contributed by atoms with Crippen LogP contribution in [0.1, 0.15) is 51.0 Å². The molecule has 0 aromatic carbocycles. The molecular formula is C19H27N3O2S2. The predicted octanol–water partition coefficient (Wildman–Crippen LogP) is 3.61. The summed E-state index contributed by atoms with van der Waals surface area (Å²) >= 11 is 3.02. The topological polar surface area (TPSA) is 64.0 Å². The molecule has 0 bridgehead atoms. The molecule has 1 aliphatic carbocycles. The third-order valence-corrected chi connectivity index (χ3v) is 7.12. The van der Waals surface area contributed by atoms with Gasteiger partial charge in [0.1, 0.15) is 4.83 Å². The molecule has 0 unspecified atom stereocenters. The van der Waals surface area contributed by atoms with Crippen LogP contribution < -0.4 is 10.9 Å². The summed E-state index contributed by atoms with van der Waals surface area (Å²) in [7, 11) is 0. The standard InChI is InChI=1S/C19H27N3O2S2/c1-5-9-22-18(24)16-13-7-6-8-14(13)26-17(16)21-19(22)25-10-15(23)20-12(4)11(2)3/h11-12H,5-10H2,1-4H3,(H,20,23)/t12-/m1/s1. The number of thiophene rings is 1. The minimum atomic E-state index is -0.0118. The van der Waals surface area contributed by atoms with Crippen molar-refractivity contribution < 1.29 is 4.79 Å². The molecule has 0 spiro atoms. The molecule has 26 heavy (non-hydrogen) atoms. The number of carbonyl (C=O) groups excluding carboxylic acids is 1. The van der Waals surface area contributed by atoms with E-state index < -0.39 is 0 Å². The number of thioether (sulfide) groups is 1. The third-order valence-electron chi connectivity index (χ3n) is 4.96. The van der Waals surface area contributed by atoms with E-state index in [-0.39, 0.29) is 23.3 Å². The second-order valence-corrected chi connectivity index (χ2v) is 9.30. The van der Waals surface area contributed by atoms with Crippen molar-refractivity contribution in [2.75, 3.05) is 5.75 Å². The smallest absolute Gasteiger partial charge is 0.263 e. The fourth-order valence-electron chi connectivity index (χ4n) is 3.18. The Morgan fingerprint density at radius 1 is 1.35 bits per heavy atom. The van der Waals surface area contributed by atoms with Gasteiger partial charge < -0.3 is 5.32 Å². The van der Waals surface area contributed by atoms with Crippen LogP contribution in [0.3, 0.4) is 0 Å². The molecule has 1 amide bonds. The molecule has 0 saturated carbocycles. The van der Waals surface area contributed by atoms with Gasteiger partial charge in [0.15, 0.2) is 5.16 Å². The van der Waals surface area contributed by atoms with E-state index in [1.165, 1.54) is 22.2 Å². The summed E-state index contributed by atoms with van der Waals surface area (Å²) in [5.74, 6) is 0.663. The number of rotatable bonds is 7. The lowest BCUT2D eigenvalue weighted by molar-refractivity contribution is -0.119. The molecule has 3 rings (SSSR count). The zero-order chi connectivity index (χ0) is 18.8. The monoisotopic (exact) mass is 393 g/mol. The number of hydrogen-bond acceptors (Lipinski definition) is 5. The normalized spacial score (nSPS) is 14.8. The van der Waals surface area contributed by atoms with Crippen LogP contribution in [0.25, 0.3) is 10.2 Å². The van der Waals surface area contributed by atoms with Crippen LogP contribution in [0.5, 0.6) is 0 Å². The maximum absolute atomic E-state index is 13.1. The van der Waals surface area contributed by atoms with Crippen molar-refractivity contribution in [2.24, 2.45) is 5.92 Å². The maximum atomic E-state index is 13.1. The number of nitrogens with one attached hydrogen (secondary N) is 1. The number of nitrogens with zero attached hydrogens (tertiary/aromatic N) is 2. The van der Waals surface area contributed by atoms with E-state index in [0.29, 0.717) is 17.6 Å². The van der Waals surface area contributed by atoms with E-state index in [1.807, 2.05) is 6.92 Å². The quantitative estimate of drug-likeness (QED) is 0.576. The Morgan fingerprint density at radius 3 is 2.81 bits per heavy atom. The SMILES string of the molecule is CCCn1c(SCC(=O)N[C@H](C)C(C)C)nc2sc3c(c2c1=O)CCC3. The molecule has 2 aromatic rings. The first-order valence-electron chi connectivity index (χ1n) is 9.39. The van der Waals surface area contributed by atoms with Gasteiger partial charge in [-0.25, -0.2) is 4.98 Å². The lowest BCUT2D eigenvalue weighted by atomic mass is 10.1. The van der Waals surface area contributed by atoms with Crippen molar-refractivity contribution in [2.45, 2.75) is 71.1 Å². The summed E-state index contributed by atoms with van der Waals surface area (Å²) in [5.41, 5.74) is 1.28. The van der Waals surface area contributed by atoms with Crippen molar-refractivity contribution in [3.63, 3.8) is 0 Å². The Bertz CT molecular complexity index is 870. The summed E-state index contributed by atoms with van der Waals surface area (Å²) in [4.78, 5) is 32.2. The van der Waals surface area contributed by atoms with E-state index >= 15 is 0 Å². The molecular weight excluding hydrogens is 366 g/mol. The van der Waals surface area contributed by atoms with E-state index in [1.54, 1.807) is 15.9 Å². The highest BCUT2D eigenvalue weighted by Gasteiger charge is 2.23. The largest absolute Gasteiger partial charge is 0.353 e. The van der Waals surface area contributed by atoms with Gasteiger partial charge in [0.25, 0.3) is 5.56 Å². The van der Waals surface area contributed by atoms with Gasteiger partial charge >= 0.3 is 0 Å². The van der Waals surface area contributed by atoms with Gasteiger partial charge in [-0.1, -0.05) is 32.5 Å². The fraction of sp³-hybridized carbons (Fsp3) is 0.632. The molecule has 0 aliphatic heterocycles. The highest BCUT2D eigenvalue weighted by atomic mass is 32.2. The van der Waals surface area contributed by atoms with Gasteiger partial charge in [0, 0.05) is 17.5 Å². The second-order valence-electron chi connectivity index (χ2n) is 7.28. The summed E-state index contributed by atoms with van der Waals surface area (Å²) in [5, 5.41) is 4.49. The first-order chi connectivity index (χ1) is 12.4. The Labute approximate surface area is 162 Å². The zero-order valence-electron chi connectivity index (χ0n) is 15.9. The van der Waals surface area contributed by atoms with Crippen LogP contribution in [0.4, 0.5) is 0 Å².